The predicted octanol–water partition coefficient (Wildman–Crippen LogP) is 5.91. The first kappa shape index (κ1) is 17.5. The molecule has 1 aromatic carbocycles. The topological polar surface area (TPSA) is 25.2 Å². The summed E-state index contributed by atoms with van der Waals surface area (Å²) in [6.07, 6.45) is -2.78. The third kappa shape index (κ3) is 3.66. The first-order chi connectivity index (χ1) is 11.2. The van der Waals surface area contributed by atoms with Crippen molar-refractivity contribution in [1.29, 1.82) is 0 Å². The van der Waals surface area contributed by atoms with Crippen LogP contribution in [0.5, 0.6) is 0 Å². The summed E-state index contributed by atoms with van der Waals surface area (Å²) in [6.45, 7) is 0. The summed E-state index contributed by atoms with van der Waals surface area (Å²) in [5, 5.41) is 3.00. The van der Waals surface area contributed by atoms with E-state index in [0.717, 1.165) is 12.1 Å². The van der Waals surface area contributed by atoms with Gasteiger partial charge < -0.3 is 9.73 Å². The van der Waals surface area contributed by atoms with Crippen LogP contribution in [-0.4, -0.2) is 9.31 Å². The normalized spacial score (nSPS) is 16.8. The van der Waals surface area contributed by atoms with Crippen molar-refractivity contribution in [2.24, 2.45) is 0 Å². The van der Waals surface area contributed by atoms with Gasteiger partial charge in [-0.1, -0.05) is 47.8 Å². The van der Waals surface area contributed by atoms with Crippen LogP contribution in [0.25, 0.3) is 17.4 Å². The van der Waals surface area contributed by atoms with Gasteiger partial charge in [-0.3, -0.25) is 0 Å². The van der Waals surface area contributed by atoms with Crippen molar-refractivity contribution in [3.8, 4) is 11.3 Å². The van der Waals surface area contributed by atoms with Gasteiger partial charge in [0.25, 0.3) is 0 Å². The molecular weight excluding hydrogens is 399 g/mol. The fourth-order valence-electron chi connectivity index (χ4n) is 2.02. The first-order valence-electron chi connectivity index (χ1n) is 6.46. The Hall–Kier alpha value is -1.35. The maximum Gasteiger partial charge on any atom is 0.416 e. The third-order valence-electron chi connectivity index (χ3n) is 3.10. The molecule has 0 radical (unpaired) electrons. The standard InChI is InChI=1S/C15H7ClF3NOS3/c16-10-3-1-7(15(17,18)19)5-9(10)11-4-2-8(21-11)6-12-13(22)20-14(23)24-12/h1-6H,(H,20,22,23). The van der Waals surface area contributed by atoms with Crippen LogP contribution in [0.4, 0.5) is 13.2 Å². The Morgan fingerprint density at radius 1 is 1.17 bits per heavy atom. The Kier molecular flexibility index (Phi) is 4.74. The van der Waals surface area contributed by atoms with E-state index in [2.05, 4.69) is 5.32 Å². The molecule has 0 bridgehead atoms. The minimum atomic E-state index is -4.45. The van der Waals surface area contributed by atoms with Gasteiger partial charge in [-0.05, 0) is 36.4 Å². The monoisotopic (exact) mass is 405 g/mol. The molecule has 1 N–H and O–H groups in total. The molecule has 124 valence electrons. The Balaban J connectivity index is 1.95. The number of furan rings is 1. The summed E-state index contributed by atoms with van der Waals surface area (Å²) >= 11 is 17.4. The van der Waals surface area contributed by atoms with E-state index in [1.807, 2.05) is 0 Å². The van der Waals surface area contributed by atoms with Gasteiger partial charge in [0.15, 0.2) is 0 Å². The second kappa shape index (κ2) is 6.51. The number of nitrogens with one attached hydrogen (secondary N) is 1. The number of alkyl halides is 3. The van der Waals surface area contributed by atoms with Crippen molar-refractivity contribution >= 4 is 63.2 Å². The van der Waals surface area contributed by atoms with Gasteiger partial charge >= 0.3 is 6.18 Å². The van der Waals surface area contributed by atoms with Crippen LogP contribution in [-0.2, 0) is 6.18 Å². The molecule has 3 rings (SSSR count). The van der Waals surface area contributed by atoms with E-state index in [1.165, 1.54) is 17.8 Å². The summed E-state index contributed by atoms with van der Waals surface area (Å²) in [4.78, 5) is 1.20. The van der Waals surface area contributed by atoms with Crippen molar-refractivity contribution in [2.45, 2.75) is 6.18 Å². The Labute approximate surface area is 155 Å². The summed E-state index contributed by atoms with van der Waals surface area (Å²) in [5.74, 6) is 0.678. The molecule has 0 atom stereocenters. The van der Waals surface area contributed by atoms with Gasteiger partial charge in [-0.25, -0.2) is 0 Å². The quantitative estimate of drug-likeness (QED) is 0.495. The molecular formula is C15H7ClF3NOS3. The number of thiocarbonyl (C=S) groups is 2. The molecule has 0 spiro atoms. The number of benzene rings is 1. The molecule has 0 unspecified atom stereocenters. The lowest BCUT2D eigenvalue weighted by Crippen LogP contribution is -2.15. The van der Waals surface area contributed by atoms with Crippen LogP contribution >= 0.6 is 47.8 Å². The molecule has 0 aliphatic carbocycles. The van der Waals surface area contributed by atoms with Gasteiger partial charge in [-0.2, -0.15) is 13.2 Å². The first-order valence-corrected chi connectivity index (χ1v) is 8.47. The Bertz CT molecular complexity index is 873. The van der Waals surface area contributed by atoms with Crippen molar-refractivity contribution in [3.63, 3.8) is 0 Å². The van der Waals surface area contributed by atoms with Gasteiger partial charge in [0.05, 0.1) is 15.5 Å². The zero-order valence-electron chi connectivity index (χ0n) is 11.6. The van der Waals surface area contributed by atoms with E-state index >= 15 is 0 Å². The number of hydrogen-bond acceptors (Lipinski definition) is 4. The minimum absolute atomic E-state index is 0.171. The maximum absolute atomic E-state index is 12.9. The van der Waals surface area contributed by atoms with Crippen molar-refractivity contribution in [3.05, 3.63) is 51.6 Å². The van der Waals surface area contributed by atoms with E-state index in [-0.39, 0.29) is 16.3 Å². The molecule has 1 aromatic heterocycles. The highest BCUT2D eigenvalue weighted by Gasteiger charge is 2.31. The molecule has 2 aromatic rings. The lowest BCUT2D eigenvalue weighted by Gasteiger charge is -2.09. The van der Waals surface area contributed by atoms with Gasteiger partial charge in [0.2, 0.25) is 0 Å². The molecule has 1 aliphatic rings. The number of thioether (sulfide) groups is 1. The Morgan fingerprint density at radius 2 is 1.92 bits per heavy atom. The van der Waals surface area contributed by atoms with Gasteiger partial charge in [-0.15, -0.1) is 0 Å². The average Bonchev–Trinajstić information content (AvgIpc) is 3.05. The highest BCUT2D eigenvalue weighted by molar-refractivity contribution is 8.27. The van der Waals surface area contributed by atoms with Crippen LogP contribution < -0.4 is 5.32 Å². The van der Waals surface area contributed by atoms with Crippen LogP contribution in [0.2, 0.25) is 5.02 Å². The van der Waals surface area contributed by atoms with Crippen molar-refractivity contribution < 1.29 is 17.6 Å². The molecule has 0 saturated carbocycles. The van der Waals surface area contributed by atoms with E-state index in [4.69, 9.17) is 40.5 Å². The van der Waals surface area contributed by atoms with Gasteiger partial charge in [0.1, 0.15) is 20.8 Å². The summed E-state index contributed by atoms with van der Waals surface area (Å²) < 4.78 is 44.7. The zero-order chi connectivity index (χ0) is 17.5. The second-order valence-corrected chi connectivity index (χ2v) is 7.28. The number of halogens is 4. The highest BCUT2D eigenvalue weighted by Crippen LogP contribution is 2.37. The number of hydrogen-bond donors (Lipinski definition) is 1. The molecule has 1 saturated heterocycles. The fraction of sp³-hybridized carbons (Fsp3) is 0.0667. The fourth-order valence-corrected chi connectivity index (χ4v) is 3.68. The summed E-state index contributed by atoms with van der Waals surface area (Å²) in [6, 6.07) is 6.28. The molecule has 1 aliphatic heterocycles. The lowest BCUT2D eigenvalue weighted by atomic mass is 10.1. The maximum atomic E-state index is 12.9. The van der Waals surface area contributed by atoms with Crippen molar-refractivity contribution in [2.75, 3.05) is 0 Å². The van der Waals surface area contributed by atoms with Crippen LogP contribution in [0.1, 0.15) is 11.3 Å². The molecule has 1 fully saturated rings. The van der Waals surface area contributed by atoms with E-state index in [1.54, 1.807) is 18.2 Å². The van der Waals surface area contributed by atoms with Crippen molar-refractivity contribution in [1.82, 2.24) is 5.32 Å². The van der Waals surface area contributed by atoms with E-state index in [9.17, 15) is 13.2 Å². The zero-order valence-corrected chi connectivity index (χ0v) is 14.8. The summed E-state index contributed by atoms with van der Waals surface area (Å²) in [5.41, 5.74) is -0.619. The molecule has 24 heavy (non-hydrogen) atoms. The molecule has 2 nitrogen and oxygen atoms in total. The van der Waals surface area contributed by atoms with Crippen LogP contribution in [0, 0.1) is 0 Å². The van der Waals surface area contributed by atoms with E-state index < -0.39 is 11.7 Å². The average molecular weight is 406 g/mol. The number of rotatable bonds is 2. The van der Waals surface area contributed by atoms with Gasteiger partial charge in [0, 0.05) is 5.56 Å². The predicted molar refractivity (Wildman–Crippen MR) is 98.1 cm³/mol. The molecule has 9 heteroatoms. The largest absolute Gasteiger partial charge is 0.457 e. The smallest absolute Gasteiger partial charge is 0.416 e. The molecule has 2 heterocycles. The summed E-state index contributed by atoms with van der Waals surface area (Å²) in [7, 11) is 0. The SMILES string of the molecule is FC(F)(F)c1ccc(Cl)c(-c2ccc(C=C3SC(=S)NC3=S)o2)c1. The lowest BCUT2D eigenvalue weighted by molar-refractivity contribution is -0.137. The van der Waals surface area contributed by atoms with E-state index in [0.29, 0.717) is 20.0 Å². The Morgan fingerprint density at radius 3 is 2.54 bits per heavy atom. The third-order valence-corrected chi connectivity index (χ3v) is 5.06. The second-order valence-electron chi connectivity index (χ2n) is 4.75. The highest BCUT2D eigenvalue weighted by atomic mass is 35.5. The van der Waals surface area contributed by atoms with Crippen LogP contribution in [0.15, 0.2) is 39.7 Å². The molecule has 0 amide bonds. The van der Waals surface area contributed by atoms with Crippen LogP contribution in [0.3, 0.4) is 0 Å². The minimum Gasteiger partial charge on any atom is -0.457 e.